The third-order valence-electron chi connectivity index (χ3n) is 13.2. The molecule has 340 valence electrons. The Morgan fingerprint density at radius 1 is 0.522 bits per heavy atom. The van der Waals surface area contributed by atoms with Crippen LogP contribution in [0.4, 0.5) is 0 Å². The van der Waals surface area contributed by atoms with Gasteiger partial charge in [-0.05, 0) is 145 Å². The van der Waals surface area contributed by atoms with Crippen LogP contribution in [0.2, 0.25) is 0 Å². The zero-order chi connectivity index (χ0) is 52.3. The Bertz CT molecular complexity index is 3690. The van der Waals surface area contributed by atoms with Gasteiger partial charge in [0.05, 0.1) is 28.0 Å². The second-order valence-electron chi connectivity index (χ2n) is 19.4. The Labute approximate surface area is 414 Å². The van der Waals surface area contributed by atoms with Crippen LogP contribution in [0.1, 0.15) is 89.4 Å². The molecule has 0 aliphatic heterocycles. The molecule has 0 amide bonds. The van der Waals surface area contributed by atoms with Crippen LogP contribution >= 0.6 is 0 Å². The van der Waals surface area contributed by atoms with Crippen molar-refractivity contribution in [2.75, 3.05) is 0 Å². The molecule has 0 spiro atoms. The van der Waals surface area contributed by atoms with E-state index in [4.69, 9.17) is 14.1 Å². The highest BCUT2D eigenvalue weighted by Crippen LogP contribution is 2.46. The summed E-state index contributed by atoms with van der Waals surface area (Å²) in [5.74, 6) is -2.13. The summed E-state index contributed by atoms with van der Waals surface area (Å²) >= 11 is 0. The summed E-state index contributed by atoms with van der Waals surface area (Å²) in [6.07, 6.45) is 1.85. The molecule has 0 fully saturated rings. The van der Waals surface area contributed by atoms with Gasteiger partial charge in [0.1, 0.15) is 11.6 Å². The summed E-state index contributed by atoms with van der Waals surface area (Å²) in [5, 5.41) is 12.6. The van der Waals surface area contributed by atoms with Crippen molar-refractivity contribution in [3.05, 3.63) is 217 Å². The molecule has 2 heterocycles. The second-order valence-corrected chi connectivity index (χ2v) is 19.4. The average molecular weight is 903 g/mol. The normalized spacial score (nSPS) is 13.3. The zero-order valence-electron chi connectivity index (χ0n) is 45.3. The first-order chi connectivity index (χ1) is 35.1. The van der Waals surface area contributed by atoms with E-state index in [2.05, 4.69) is 87.5 Å². The summed E-state index contributed by atoms with van der Waals surface area (Å²) in [6.45, 7) is 11.1. The summed E-state index contributed by atoms with van der Waals surface area (Å²) < 4.78 is 47.5. The maximum atomic E-state index is 12.6. The van der Waals surface area contributed by atoms with E-state index in [1.54, 1.807) is 39.8 Å². The van der Waals surface area contributed by atoms with E-state index in [1.807, 2.05) is 120 Å². The minimum absolute atomic E-state index is 0.118. The molecule has 2 aromatic heterocycles. The smallest absolute Gasteiger partial charge is 0.149 e. The lowest BCUT2D eigenvalue weighted by Gasteiger charge is -2.22. The number of phenols is 1. The van der Waals surface area contributed by atoms with Crippen molar-refractivity contribution in [2.45, 2.75) is 72.5 Å². The topological polar surface area (TPSA) is 50.9 Å². The lowest BCUT2D eigenvalue weighted by atomic mass is 9.85. The minimum Gasteiger partial charge on any atom is -0.507 e. The van der Waals surface area contributed by atoms with Crippen LogP contribution in [-0.4, -0.2) is 19.6 Å². The van der Waals surface area contributed by atoms with E-state index < -0.39 is 18.6 Å². The van der Waals surface area contributed by atoms with E-state index in [9.17, 15) is 7.85 Å². The molecule has 0 atom stereocenters. The van der Waals surface area contributed by atoms with E-state index in [-0.39, 0.29) is 16.7 Å². The molecule has 8 aromatic carbocycles. The molecule has 0 saturated heterocycles. The lowest BCUT2D eigenvalue weighted by molar-refractivity contribution is 0.466. The number of para-hydroxylation sites is 1. The molecular formula is C65H59N3O. The number of rotatable bonds is 10. The first-order valence-corrected chi connectivity index (χ1v) is 23.6. The number of aromatic nitrogens is 3. The fraction of sp³-hybridized carbons (Fsp3) is 0.169. The number of imidazole rings is 1. The number of benzene rings is 8. The number of nitrogens with zero attached hydrogens (tertiary/aromatic N) is 3. The maximum Gasteiger partial charge on any atom is 0.149 e. The molecule has 0 bridgehead atoms. The van der Waals surface area contributed by atoms with Crippen LogP contribution < -0.4 is 0 Å². The molecule has 0 unspecified atom stereocenters. The molecule has 69 heavy (non-hydrogen) atoms. The highest BCUT2D eigenvalue weighted by Gasteiger charge is 2.26. The molecular weight excluding hydrogens is 839 g/mol. The van der Waals surface area contributed by atoms with Crippen molar-refractivity contribution in [3.8, 4) is 89.7 Å². The summed E-state index contributed by atoms with van der Waals surface area (Å²) in [7, 11) is 0. The lowest BCUT2D eigenvalue weighted by Crippen LogP contribution is -2.10. The minimum atomic E-state index is -2.49. The molecule has 0 aliphatic rings. The van der Waals surface area contributed by atoms with Gasteiger partial charge in [-0.25, -0.2) is 4.98 Å². The first-order valence-electron chi connectivity index (χ1n) is 26.1. The maximum absolute atomic E-state index is 12.6. The van der Waals surface area contributed by atoms with Gasteiger partial charge in [-0.2, -0.15) is 0 Å². The summed E-state index contributed by atoms with van der Waals surface area (Å²) in [4.78, 5) is 10.5. The van der Waals surface area contributed by atoms with Crippen molar-refractivity contribution in [2.24, 2.45) is 0 Å². The standard InChI is InChI=1S/C65H59N3O/c1-41(2)49-37-55(42(3)4)63(69)58(38-49)64-67-62-54(51-34-50(45-21-14-10-15-22-45)35-52(36-51)59-39-48(31-32-66-59)44-19-12-9-13-20-44)25-18-26-60(62)68(64)61-40-56(46-23-16-11-17-24-46)43(5)33-57(61)47-27-29-53(30-28-47)65(6,7)8/h9-42,69H,1-8H3/i5D3,41D,42D. The van der Waals surface area contributed by atoms with Gasteiger partial charge in [-0.3, -0.25) is 9.55 Å². The predicted octanol–water partition coefficient (Wildman–Crippen LogP) is 17.6. The van der Waals surface area contributed by atoms with E-state index in [1.165, 1.54) is 0 Å². The summed E-state index contributed by atoms with van der Waals surface area (Å²) in [5.41, 5.74) is 14.7. The van der Waals surface area contributed by atoms with E-state index >= 15 is 0 Å². The Hall–Kier alpha value is -7.82. The summed E-state index contributed by atoms with van der Waals surface area (Å²) in [6, 6.07) is 62.5. The monoisotopic (exact) mass is 902 g/mol. The van der Waals surface area contributed by atoms with Gasteiger partial charge < -0.3 is 5.11 Å². The number of hydrogen-bond donors (Lipinski definition) is 1. The Morgan fingerprint density at radius 2 is 1.14 bits per heavy atom. The van der Waals surface area contributed by atoms with Crippen LogP contribution in [0.3, 0.4) is 0 Å². The highest BCUT2D eigenvalue weighted by atomic mass is 16.3. The largest absolute Gasteiger partial charge is 0.507 e. The number of phenolic OH excluding ortho intramolecular Hbond substituents is 1. The van der Waals surface area contributed by atoms with Gasteiger partial charge in [0.25, 0.3) is 0 Å². The Kier molecular flexibility index (Phi) is 10.4. The number of fused-ring (bicyclic) bond motifs is 1. The van der Waals surface area contributed by atoms with Crippen molar-refractivity contribution in [1.29, 1.82) is 0 Å². The Morgan fingerprint density at radius 3 is 1.78 bits per heavy atom. The number of aromatic hydroxyl groups is 1. The Balaban J connectivity index is 1.33. The number of aryl methyl sites for hydroxylation is 1. The number of pyridine rings is 1. The molecule has 1 N–H and O–H groups in total. The van der Waals surface area contributed by atoms with Gasteiger partial charge in [-0.15, -0.1) is 0 Å². The van der Waals surface area contributed by atoms with E-state index in [0.717, 1.165) is 61.3 Å². The van der Waals surface area contributed by atoms with E-state index in [0.29, 0.717) is 50.4 Å². The predicted molar refractivity (Wildman–Crippen MR) is 290 cm³/mol. The third-order valence-corrected chi connectivity index (χ3v) is 13.2. The molecule has 10 aromatic rings. The van der Waals surface area contributed by atoms with Crippen molar-refractivity contribution in [1.82, 2.24) is 14.5 Å². The van der Waals surface area contributed by atoms with Gasteiger partial charge in [0.2, 0.25) is 0 Å². The average Bonchev–Trinajstić information content (AvgIpc) is 3.78. The van der Waals surface area contributed by atoms with Gasteiger partial charge >= 0.3 is 0 Å². The molecule has 10 rings (SSSR count). The molecule has 0 aliphatic carbocycles. The second kappa shape index (κ2) is 18.3. The molecule has 0 saturated carbocycles. The molecule has 0 radical (unpaired) electrons. The van der Waals surface area contributed by atoms with Crippen LogP contribution in [-0.2, 0) is 5.41 Å². The first kappa shape index (κ1) is 39.2. The van der Waals surface area contributed by atoms with Crippen LogP contribution in [0.25, 0.3) is 95.0 Å². The van der Waals surface area contributed by atoms with Crippen LogP contribution in [0.15, 0.2) is 194 Å². The molecule has 4 nitrogen and oxygen atoms in total. The van der Waals surface area contributed by atoms with Crippen LogP contribution in [0.5, 0.6) is 5.75 Å². The quantitative estimate of drug-likeness (QED) is 0.149. The molecule has 4 heteroatoms. The SMILES string of the molecule is [2H]C([2H])([2H])c1cc(-c2ccc(C(C)(C)C)cc2)c(-n2c(-c3cc(C([2H])(C)C)cc(C([2H])(C)C)c3O)nc3c(-c4cc(-c5ccccc5)cc(-c5cc(-c6ccccc6)ccn5)c4)cccc32)cc1-c1ccccc1. The number of hydrogen-bond acceptors (Lipinski definition) is 3. The highest BCUT2D eigenvalue weighted by molar-refractivity contribution is 5.99. The van der Waals surface area contributed by atoms with Gasteiger partial charge in [-0.1, -0.05) is 182 Å². The van der Waals surface area contributed by atoms with Crippen LogP contribution in [0, 0.1) is 6.85 Å². The van der Waals surface area contributed by atoms with Gasteiger partial charge in [0, 0.05) is 29.7 Å². The van der Waals surface area contributed by atoms with Crippen molar-refractivity contribution in [3.63, 3.8) is 0 Å². The fourth-order valence-electron chi connectivity index (χ4n) is 9.37. The zero-order valence-corrected chi connectivity index (χ0v) is 40.3. The van der Waals surface area contributed by atoms with Crippen molar-refractivity contribution < 1.29 is 12.0 Å². The van der Waals surface area contributed by atoms with Gasteiger partial charge in [0.15, 0.2) is 0 Å². The fourth-order valence-corrected chi connectivity index (χ4v) is 9.37. The van der Waals surface area contributed by atoms with Crippen molar-refractivity contribution >= 4 is 11.0 Å². The third kappa shape index (κ3) is 8.80.